The van der Waals surface area contributed by atoms with Crippen LogP contribution in [0.1, 0.15) is 25.5 Å². The van der Waals surface area contributed by atoms with E-state index in [0.717, 1.165) is 0 Å². The van der Waals surface area contributed by atoms with E-state index in [-0.39, 0.29) is 5.09 Å². The Hall–Kier alpha value is -0.850. The molecule has 1 saturated carbocycles. The first-order valence-electron chi connectivity index (χ1n) is 5.43. The van der Waals surface area contributed by atoms with Crippen molar-refractivity contribution in [2.75, 3.05) is 6.54 Å². The first-order valence-corrected chi connectivity index (χ1v) is 6.92. The summed E-state index contributed by atoms with van der Waals surface area (Å²) in [6.07, 6.45) is 2.40. The fourth-order valence-electron chi connectivity index (χ4n) is 1.39. The van der Waals surface area contributed by atoms with Crippen molar-refractivity contribution in [3.05, 3.63) is 17.9 Å². The highest BCUT2D eigenvalue weighted by Gasteiger charge is 2.21. The number of sulfonamides is 1. The van der Waals surface area contributed by atoms with E-state index in [1.165, 1.54) is 18.9 Å². The zero-order chi connectivity index (χ0) is 11.6. The highest BCUT2D eigenvalue weighted by molar-refractivity contribution is 7.89. The maximum atomic E-state index is 11.6. The van der Waals surface area contributed by atoms with E-state index < -0.39 is 10.0 Å². The smallest absolute Gasteiger partial charge is 0.273 e. The van der Waals surface area contributed by atoms with E-state index >= 15 is 0 Å². The second kappa shape index (κ2) is 4.57. The van der Waals surface area contributed by atoms with Crippen LogP contribution >= 0.6 is 0 Å². The molecule has 0 radical (unpaired) electrons. The van der Waals surface area contributed by atoms with Gasteiger partial charge in [0, 0.05) is 12.6 Å². The van der Waals surface area contributed by atoms with E-state index in [1.54, 1.807) is 13.0 Å². The van der Waals surface area contributed by atoms with E-state index in [0.29, 0.717) is 24.9 Å². The maximum absolute atomic E-state index is 11.6. The van der Waals surface area contributed by atoms with Gasteiger partial charge in [-0.3, -0.25) is 0 Å². The van der Waals surface area contributed by atoms with E-state index in [4.69, 9.17) is 4.42 Å². The van der Waals surface area contributed by atoms with Gasteiger partial charge in [0.15, 0.2) is 0 Å². The average Bonchev–Trinajstić information content (AvgIpc) is 2.92. The topological polar surface area (TPSA) is 71.3 Å². The molecular weight excluding hydrogens is 228 g/mol. The SMILES string of the molecule is CCNS(=O)(=O)c1ccc(CNC2CC2)o1. The minimum atomic E-state index is -3.46. The van der Waals surface area contributed by atoms with Crippen molar-refractivity contribution in [1.29, 1.82) is 0 Å². The normalized spacial score (nSPS) is 16.6. The van der Waals surface area contributed by atoms with E-state index in [2.05, 4.69) is 10.0 Å². The first-order chi connectivity index (χ1) is 7.62. The standard InChI is InChI=1S/C10H16N2O3S/c1-2-12-16(13,14)10-6-5-9(15-10)7-11-8-3-4-8/h5-6,8,11-12H,2-4,7H2,1H3. The quantitative estimate of drug-likeness (QED) is 0.777. The number of rotatable bonds is 6. The molecule has 1 heterocycles. The van der Waals surface area contributed by atoms with Crippen LogP contribution in [0.2, 0.25) is 0 Å². The number of nitrogens with one attached hydrogen (secondary N) is 2. The van der Waals surface area contributed by atoms with Crippen LogP contribution in [-0.4, -0.2) is 21.0 Å². The molecule has 0 aromatic carbocycles. The molecule has 0 amide bonds. The maximum Gasteiger partial charge on any atom is 0.273 e. The lowest BCUT2D eigenvalue weighted by Gasteiger charge is -2.01. The predicted octanol–water partition coefficient (Wildman–Crippen LogP) is 0.830. The van der Waals surface area contributed by atoms with Crippen molar-refractivity contribution in [3.63, 3.8) is 0 Å². The average molecular weight is 244 g/mol. The van der Waals surface area contributed by atoms with Crippen LogP contribution in [0.3, 0.4) is 0 Å². The summed E-state index contributed by atoms with van der Waals surface area (Å²) in [6, 6.07) is 3.76. The molecule has 1 aromatic heterocycles. The van der Waals surface area contributed by atoms with Crippen LogP contribution in [0.25, 0.3) is 0 Å². The third-order valence-electron chi connectivity index (χ3n) is 2.38. The largest absolute Gasteiger partial charge is 0.447 e. The van der Waals surface area contributed by atoms with Gasteiger partial charge in [-0.05, 0) is 25.0 Å². The molecule has 0 atom stereocenters. The van der Waals surface area contributed by atoms with Gasteiger partial charge in [-0.25, -0.2) is 13.1 Å². The molecule has 1 aliphatic carbocycles. The minimum absolute atomic E-state index is 0.0121. The third-order valence-corrected chi connectivity index (χ3v) is 3.80. The van der Waals surface area contributed by atoms with Crippen LogP contribution < -0.4 is 10.0 Å². The number of furan rings is 1. The Morgan fingerprint density at radius 3 is 2.81 bits per heavy atom. The molecule has 6 heteroatoms. The predicted molar refractivity (Wildman–Crippen MR) is 59.4 cm³/mol. The van der Waals surface area contributed by atoms with Crippen molar-refractivity contribution >= 4 is 10.0 Å². The molecule has 1 aromatic rings. The summed E-state index contributed by atoms with van der Waals surface area (Å²) >= 11 is 0. The van der Waals surface area contributed by atoms with Crippen molar-refractivity contribution in [2.45, 2.75) is 37.4 Å². The molecular formula is C10H16N2O3S. The van der Waals surface area contributed by atoms with Crippen LogP contribution in [0.15, 0.2) is 21.6 Å². The van der Waals surface area contributed by atoms with Gasteiger partial charge in [0.1, 0.15) is 5.76 Å². The second-order valence-corrected chi connectivity index (χ2v) is 5.58. The summed E-state index contributed by atoms with van der Waals surface area (Å²) in [5.74, 6) is 0.656. The fraction of sp³-hybridized carbons (Fsp3) is 0.600. The Kier molecular flexibility index (Phi) is 3.32. The van der Waals surface area contributed by atoms with Gasteiger partial charge in [-0.2, -0.15) is 0 Å². The van der Waals surface area contributed by atoms with Crippen LogP contribution in [-0.2, 0) is 16.6 Å². The zero-order valence-electron chi connectivity index (χ0n) is 9.19. The molecule has 0 unspecified atom stereocenters. The molecule has 1 aliphatic rings. The Labute approximate surface area is 95.3 Å². The Morgan fingerprint density at radius 2 is 2.19 bits per heavy atom. The van der Waals surface area contributed by atoms with E-state index in [1.807, 2.05) is 0 Å². The molecule has 0 saturated heterocycles. The summed E-state index contributed by atoms with van der Waals surface area (Å²) in [7, 11) is -3.46. The van der Waals surface area contributed by atoms with Gasteiger partial charge in [-0.15, -0.1) is 0 Å². The van der Waals surface area contributed by atoms with Gasteiger partial charge < -0.3 is 9.73 Å². The highest BCUT2D eigenvalue weighted by atomic mass is 32.2. The van der Waals surface area contributed by atoms with Crippen molar-refractivity contribution in [2.24, 2.45) is 0 Å². The Morgan fingerprint density at radius 1 is 1.44 bits per heavy atom. The molecule has 90 valence electrons. The number of hydrogen-bond acceptors (Lipinski definition) is 4. The highest BCUT2D eigenvalue weighted by Crippen LogP contribution is 2.20. The van der Waals surface area contributed by atoms with Crippen LogP contribution in [0, 0.1) is 0 Å². The summed E-state index contributed by atoms with van der Waals surface area (Å²) < 4.78 is 30.8. The lowest BCUT2D eigenvalue weighted by atomic mass is 10.4. The lowest BCUT2D eigenvalue weighted by Crippen LogP contribution is -2.22. The summed E-state index contributed by atoms with van der Waals surface area (Å²) in [5.41, 5.74) is 0. The molecule has 2 rings (SSSR count). The van der Waals surface area contributed by atoms with E-state index in [9.17, 15) is 8.42 Å². The molecule has 0 bridgehead atoms. The summed E-state index contributed by atoms with van der Waals surface area (Å²) in [6.45, 7) is 2.68. The third kappa shape index (κ3) is 2.84. The minimum Gasteiger partial charge on any atom is -0.447 e. The first kappa shape index (κ1) is 11.6. The fourth-order valence-corrected chi connectivity index (χ4v) is 2.38. The molecule has 1 fully saturated rings. The molecule has 0 spiro atoms. The zero-order valence-corrected chi connectivity index (χ0v) is 10.0. The summed E-state index contributed by atoms with van der Waals surface area (Å²) in [5, 5.41) is 3.25. The molecule has 2 N–H and O–H groups in total. The van der Waals surface area contributed by atoms with Gasteiger partial charge in [0.05, 0.1) is 6.54 Å². The van der Waals surface area contributed by atoms with Crippen molar-refractivity contribution in [3.8, 4) is 0 Å². The van der Waals surface area contributed by atoms with Gasteiger partial charge >= 0.3 is 0 Å². The lowest BCUT2D eigenvalue weighted by molar-refractivity contribution is 0.399. The summed E-state index contributed by atoms with van der Waals surface area (Å²) in [4.78, 5) is 0. The number of hydrogen-bond donors (Lipinski definition) is 2. The van der Waals surface area contributed by atoms with Gasteiger partial charge in [0.25, 0.3) is 10.0 Å². The Bertz CT molecular complexity index is 448. The molecule has 16 heavy (non-hydrogen) atoms. The monoisotopic (exact) mass is 244 g/mol. The molecule has 5 nitrogen and oxygen atoms in total. The van der Waals surface area contributed by atoms with Gasteiger partial charge in [-0.1, -0.05) is 6.92 Å². The molecule has 0 aliphatic heterocycles. The van der Waals surface area contributed by atoms with Crippen LogP contribution in [0.5, 0.6) is 0 Å². The van der Waals surface area contributed by atoms with Crippen LogP contribution in [0.4, 0.5) is 0 Å². The second-order valence-electron chi connectivity index (χ2n) is 3.88. The van der Waals surface area contributed by atoms with Gasteiger partial charge in [0.2, 0.25) is 5.09 Å². The van der Waals surface area contributed by atoms with Crippen molar-refractivity contribution < 1.29 is 12.8 Å². The van der Waals surface area contributed by atoms with Crippen molar-refractivity contribution in [1.82, 2.24) is 10.0 Å². The Balaban J connectivity index is 2.00.